The largest absolute Gasteiger partial charge is 0.419 e. The van der Waals surface area contributed by atoms with E-state index in [4.69, 9.17) is 4.42 Å². The van der Waals surface area contributed by atoms with Crippen molar-refractivity contribution in [2.45, 2.75) is 17.3 Å². The summed E-state index contributed by atoms with van der Waals surface area (Å²) in [7, 11) is 0. The normalized spacial score (nSPS) is 12.4. The molecule has 0 amide bonds. The molecule has 0 saturated heterocycles. The zero-order valence-corrected chi connectivity index (χ0v) is 14.8. The monoisotopic (exact) mass is 372 g/mol. The lowest BCUT2D eigenvalue weighted by molar-refractivity contribution is 0.510. The van der Waals surface area contributed by atoms with Crippen LogP contribution >= 0.6 is 23.1 Å². The average Bonchev–Trinajstić information content (AvgIpc) is 3.35. The summed E-state index contributed by atoms with van der Waals surface area (Å²) in [6.45, 7) is 1.97. The zero-order valence-electron chi connectivity index (χ0n) is 13.2. The number of rotatable bonds is 5. The summed E-state index contributed by atoms with van der Waals surface area (Å²) in [6, 6.07) is 10.3. The lowest BCUT2D eigenvalue weighted by atomic mass is 10.3. The topological polar surface area (TPSA) is 56.7 Å². The summed E-state index contributed by atoms with van der Waals surface area (Å²) in [6.07, 6.45) is 3.49. The number of benzene rings is 1. The zero-order chi connectivity index (χ0) is 17.2. The van der Waals surface area contributed by atoms with E-state index < -0.39 is 0 Å². The van der Waals surface area contributed by atoms with Crippen molar-refractivity contribution in [3.05, 3.63) is 65.9 Å². The van der Waals surface area contributed by atoms with Crippen molar-refractivity contribution in [3.8, 4) is 16.5 Å². The Balaban J connectivity index is 1.56. The predicted molar refractivity (Wildman–Crippen MR) is 95.4 cm³/mol. The van der Waals surface area contributed by atoms with Gasteiger partial charge >= 0.3 is 0 Å². The minimum atomic E-state index is -0.285. The van der Waals surface area contributed by atoms with E-state index in [2.05, 4.69) is 15.2 Å². The van der Waals surface area contributed by atoms with Crippen molar-refractivity contribution in [1.82, 2.24) is 19.7 Å². The summed E-state index contributed by atoms with van der Waals surface area (Å²) >= 11 is 3.03. The second-order valence-corrected chi connectivity index (χ2v) is 7.50. The highest BCUT2D eigenvalue weighted by Crippen LogP contribution is 2.35. The van der Waals surface area contributed by atoms with E-state index in [1.807, 2.05) is 35.1 Å². The molecule has 0 radical (unpaired) electrons. The number of hydrogen-bond acceptors (Lipinski definition) is 6. The molecule has 0 bridgehead atoms. The van der Waals surface area contributed by atoms with E-state index in [1.165, 1.54) is 23.9 Å². The molecule has 0 spiro atoms. The Morgan fingerprint density at radius 1 is 1.24 bits per heavy atom. The summed E-state index contributed by atoms with van der Waals surface area (Å²) in [5.41, 5.74) is 0.719. The number of halogens is 1. The first-order valence-electron chi connectivity index (χ1n) is 7.54. The molecule has 4 aromatic rings. The standard InChI is InChI=1S/C17H13FN4OS2/c1-11(15-20-21-16(23-15)14-6-3-9-24-14)25-17-19-7-8-22(17)13-5-2-4-12(18)10-13/h2-11H,1H3. The molecule has 0 aliphatic heterocycles. The molecular formula is C17H13FN4OS2. The lowest BCUT2D eigenvalue weighted by Crippen LogP contribution is -1.98. The van der Waals surface area contributed by atoms with Crippen LogP contribution in [-0.4, -0.2) is 19.7 Å². The number of aromatic nitrogens is 4. The summed E-state index contributed by atoms with van der Waals surface area (Å²) in [4.78, 5) is 5.30. The van der Waals surface area contributed by atoms with Gasteiger partial charge < -0.3 is 4.42 Å². The molecule has 4 rings (SSSR count). The second-order valence-electron chi connectivity index (χ2n) is 5.24. The van der Waals surface area contributed by atoms with Gasteiger partial charge in [-0.15, -0.1) is 21.5 Å². The molecule has 0 N–H and O–H groups in total. The van der Waals surface area contributed by atoms with Gasteiger partial charge in [-0.05, 0) is 36.6 Å². The number of hydrogen-bond donors (Lipinski definition) is 0. The molecule has 5 nitrogen and oxygen atoms in total. The highest BCUT2D eigenvalue weighted by atomic mass is 32.2. The third-order valence-corrected chi connectivity index (χ3v) is 5.42. The van der Waals surface area contributed by atoms with Crippen molar-refractivity contribution < 1.29 is 8.81 Å². The lowest BCUT2D eigenvalue weighted by Gasteiger charge is -2.10. The number of thioether (sulfide) groups is 1. The summed E-state index contributed by atoms with van der Waals surface area (Å²) in [5.74, 6) is 0.765. The molecule has 8 heteroatoms. The van der Waals surface area contributed by atoms with E-state index in [-0.39, 0.29) is 11.1 Å². The minimum Gasteiger partial charge on any atom is -0.419 e. The molecule has 0 aliphatic carbocycles. The maximum Gasteiger partial charge on any atom is 0.257 e. The average molecular weight is 372 g/mol. The first-order valence-corrected chi connectivity index (χ1v) is 9.30. The van der Waals surface area contributed by atoms with Gasteiger partial charge in [0.05, 0.1) is 15.8 Å². The van der Waals surface area contributed by atoms with Gasteiger partial charge in [0.25, 0.3) is 5.89 Å². The summed E-state index contributed by atoms with van der Waals surface area (Å²) < 4.78 is 21.1. The van der Waals surface area contributed by atoms with E-state index in [9.17, 15) is 4.39 Å². The van der Waals surface area contributed by atoms with Gasteiger partial charge in [-0.2, -0.15) is 0 Å². The Bertz CT molecular complexity index is 980. The van der Waals surface area contributed by atoms with E-state index in [0.717, 1.165) is 15.7 Å². The van der Waals surface area contributed by atoms with Gasteiger partial charge in [0.2, 0.25) is 5.89 Å². The highest BCUT2D eigenvalue weighted by molar-refractivity contribution is 7.99. The van der Waals surface area contributed by atoms with Crippen LogP contribution < -0.4 is 0 Å². The number of thiophene rings is 1. The van der Waals surface area contributed by atoms with Crippen molar-refractivity contribution in [2.75, 3.05) is 0 Å². The Morgan fingerprint density at radius 3 is 2.96 bits per heavy atom. The fourth-order valence-corrected chi connectivity index (χ4v) is 3.86. The van der Waals surface area contributed by atoms with E-state index in [0.29, 0.717) is 11.8 Å². The summed E-state index contributed by atoms with van der Waals surface area (Å²) in [5, 5.41) is 10.9. The first-order chi connectivity index (χ1) is 12.2. The van der Waals surface area contributed by atoms with Gasteiger partial charge in [-0.25, -0.2) is 9.37 Å². The van der Waals surface area contributed by atoms with Gasteiger partial charge in [-0.1, -0.05) is 23.9 Å². The number of imidazole rings is 1. The van der Waals surface area contributed by atoms with Crippen LogP contribution in [0.1, 0.15) is 18.1 Å². The van der Waals surface area contributed by atoms with Crippen LogP contribution in [0.15, 0.2) is 63.7 Å². The van der Waals surface area contributed by atoms with Crippen LogP contribution in [0.4, 0.5) is 4.39 Å². The Kier molecular flexibility index (Phi) is 4.37. The molecule has 3 aromatic heterocycles. The molecule has 126 valence electrons. The fourth-order valence-electron chi connectivity index (χ4n) is 2.31. The third-order valence-electron chi connectivity index (χ3n) is 3.50. The third kappa shape index (κ3) is 3.35. The van der Waals surface area contributed by atoms with Crippen LogP contribution in [0.25, 0.3) is 16.5 Å². The van der Waals surface area contributed by atoms with Gasteiger partial charge in [0.15, 0.2) is 5.16 Å². The highest BCUT2D eigenvalue weighted by Gasteiger charge is 2.19. The molecule has 1 atom stereocenters. The van der Waals surface area contributed by atoms with E-state index >= 15 is 0 Å². The van der Waals surface area contributed by atoms with Crippen molar-refractivity contribution >= 4 is 23.1 Å². The molecule has 0 saturated carbocycles. The maximum absolute atomic E-state index is 13.5. The van der Waals surface area contributed by atoms with E-state index in [1.54, 1.807) is 29.8 Å². The van der Waals surface area contributed by atoms with Crippen LogP contribution in [0, 0.1) is 5.82 Å². The van der Waals surface area contributed by atoms with Crippen LogP contribution in [0.2, 0.25) is 0 Å². The van der Waals surface area contributed by atoms with Gasteiger partial charge in [0, 0.05) is 12.4 Å². The van der Waals surface area contributed by atoms with Gasteiger partial charge in [0.1, 0.15) is 5.82 Å². The van der Waals surface area contributed by atoms with Crippen molar-refractivity contribution in [1.29, 1.82) is 0 Å². The SMILES string of the molecule is CC(Sc1nccn1-c1cccc(F)c1)c1nnc(-c2cccs2)o1. The Morgan fingerprint density at radius 2 is 2.16 bits per heavy atom. The molecular weight excluding hydrogens is 359 g/mol. The number of nitrogens with zero attached hydrogens (tertiary/aromatic N) is 4. The molecule has 25 heavy (non-hydrogen) atoms. The van der Waals surface area contributed by atoms with Crippen LogP contribution in [-0.2, 0) is 0 Å². The Hall–Kier alpha value is -2.45. The fraction of sp³-hybridized carbons (Fsp3) is 0.118. The van der Waals surface area contributed by atoms with Crippen molar-refractivity contribution in [3.63, 3.8) is 0 Å². The smallest absolute Gasteiger partial charge is 0.257 e. The minimum absolute atomic E-state index is 0.0871. The quantitative estimate of drug-likeness (QED) is 0.463. The van der Waals surface area contributed by atoms with Crippen molar-refractivity contribution in [2.24, 2.45) is 0 Å². The molecule has 0 fully saturated rings. The molecule has 0 aliphatic rings. The molecule has 3 heterocycles. The van der Waals surface area contributed by atoms with Crippen LogP contribution in [0.3, 0.4) is 0 Å². The van der Waals surface area contributed by atoms with Crippen LogP contribution in [0.5, 0.6) is 0 Å². The maximum atomic E-state index is 13.5. The second kappa shape index (κ2) is 6.81. The molecule has 1 unspecified atom stereocenters. The Labute approximate surface area is 151 Å². The molecule has 1 aromatic carbocycles. The van der Waals surface area contributed by atoms with Gasteiger partial charge in [-0.3, -0.25) is 4.57 Å². The first kappa shape index (κ1) is 16.0. The predicted octanol–water partition coefficient (Wildman–Crippen LogP) is 4.98.